The van der Waals surface area contributed by atoms with Crippen LogP contribution in [0.4, 0.5) is 14.9 Å². The molecule has 1 spiro atoms. The van der Waals surface area contributed by atoms with Crippen molar-refractivity contribution in [2.24, 2.45) is 5.41 Å². The largest absolute Gasteiger partial charge is 0.381 e. The molecule has 0 aliphatic carbocycles. The minimum absolute atomic E-state index is 0.0643. The van der Waals surface area contributed by atoms with E-state index >= 15 is 4.39 Å². The van der Waals surface area contributed by atoms with E-state index in [-0.39, 0.29) is 36.3 Å². The van der Waals surface area contributed by atoms with Crippen LogP contribution in [0.2, 0.25) is 0 Å². The zero-order valence-electron chi connectivity index (χ0n) is 18.9. The third kappa shape index (κ3) is 2.86. The summed E-state index contributed by atoms with van der Waals surface area (Å²) < 4.78 is 33.0. The van der Waals surface area contributed by atoms with Crippen molar-refractivity contribution >= 4 is 34.5 Å². The highest BCUT2D eigenvalue weighted by molar-refractivity contribution is 6.20. The third-order valence-corrected chi connectivity index (χ3v) is 7.60. The molecule has 3 saturated heterocycles. The molecule has 2 aromatic rings. The van der Waals surface area contributed by atoms with Gasteiger partial charge in [0.05, 0.1) is 29.6 Å². The molecule has 0 saturated carbocycles. The first-order chi connectivity index (χ1) is 16.3. The van der Waals surface area contributed by atoms with Gasteiger partial charge in [0.15, 0.2) is 11.2 Å². The van der Waals surface area contributed by atoms with Crippen molar-refractivity contribution in [3.63, 3.8) is 0 Å². The van der Waals surface area contributed by atoms with E-state index in [0.717, 1.165) is 12.8 Å². The second-order valence-electron chi connectivity index (χ2n) is 9.66. The summed E-state index contributed by atoms with van der Waals surface area (Å²) in [7, 11) is 0. The topological polar surface area (TPSA) is 123 Å². The fourth-order valence-corrected chi connectivity index (χ4v) is 6.23. The number of barbiturate groups is 1. The van der Waals surface area contributed by atoms with Crippen LogP contribution in [0.5, 0.6) is 0 Å². The van der Waals surface area contributed by atoms with Crippen LogP contribution in [-0.4, -0.2) is 61.0 Å². The van der Waals surface area contributed by atoms with Crippen molar-refractivity contribution in [3.05, 3.63) is 23.1 Å². The summed E-state index contributed by atoms with van der Waals surface area (Å²) in [6, 6.07) is 0.113. The predicted octanol–water partition coefficient (Wildman–Crippen LogP) is 1.75. The molecule has 180 valence electrons. The highest BCUT2D eigenvalue weighted by Crippen LogP contribution is 2.49. The van der Waals surface area contributed by atoms with Gasteiger partial charge in [-0.25, -0.2) is 9.18 Å². The van der Waals surface area contributed by atoms with Gasteiger partial charge in [-0.3, -0.25) is 20.2 Å². The molecule has 2 N–H and O–H groups in total. The van der Waals surface area contributed by atoms with Crippen LogP contribution in [0.1, 0.15) is 43.9 Å². The summed E-state index contributed by atoms with van der Waals surface area (Å²) in [5.41, 5.74) is -0.144. The highest BCUT2D eigenvalue weighted by atomic mass is 19.1. The van der Waals surface area contributed by atoms with E-state index in [9.17, 15) is 14.4 Å². The van der Waals surface area contributed by atoms with Crippen LogP contribution in [0.3, 0.4) is 0 Å². The van der Waals surface area contributed by atoms with Crippen molar-refractivity contribution in [1.82, 2.24) is 15.8 Å². The molecule has 4 aliphatic heterocycles. The van der Waals surface area contributed by atoms with Gasteiger partial charge >= 0.3 is 6.03 Å². The number of nitrogens with zero attached hydrogens (tertiary/aromatic N) is 2. The van der Waals surface area contributed by atoms with E-state index in [0.29, 0.717) is 29.9 Å². The van der Waals surface area contributed by atoms with E-state index in [4.69, 9.17) is 14.0 Å². The number of fused-ring (bicyclic) bond motifs is 5. The number of anilines is 1. The fourth-order valence-electron chi connectivity index (χ4n) is 6.23. The Hall–Kier alpha value is -3.05. The quantitative estimate of drug-likeness (QED) is 0.602. The molecule has 1 aromatic heterocycles. The van der Waals surface area contributed by atoms with E-state index in [1.165, 1.54) is 0 Å². The average Bonchev–Trinajstić information content (AvgIpc) is 3.21. The van der Waals surface area contributed by atoms with Crippen molar-refractivity contribution in [2.45, 2.75) is 57.3 Å². The number of rotatable bonds is 1. The molecule has 1 aromatic carbocycles. The average molecular weight is 472 g/mol. The number of carbonyl (C=O) groups is 3. The number of benzene rings is 1. The number of carbonyl (C=O) groups excluding carboxylic acids is 3. The number of amides is 4. The number of nitrogens with one attached hydrogen (secondary N) is 2. The van der Waals surface area contributed by atoms with Gasteiger partial charge < -0.3 is 18.9 Å². The number of ether oxygens (including phenoxy) is 2. The summed E-state index contributed by atoms with van der Waals surface area (Å²) in [6.45, 7) is 5.06. The lowest BCUT2D eigenvalue weighted by Crippen LogP contribution is -2.75. The number of aromatic nitrogens is 1. The Balaban J connectivity index is 1.56. The van der Waals surface area contributed by atoms with Crippen molar-refractivity contribution in [3.8, 4) is 0 Å². The van der Waals surface area contributed by atoms with Gasteiger partial charge in [0.25, 0.3) is 0 Å². The smallest absolute Gasteiger partial charge is 0.328 e. The lowest BCUT2D eigenvalue weighted by molar-refractivity contribution is -0.153. The maximum Gasteiger partial charge on any atom is 0.328 e. The standard InChI is InChI=1S/C23H25FN4O6/c1-10-9-28-17-13(7-14-16(12-3-5-32-6-4-12)27-34-18(14)15(17)24)8-23(19(28)11(2)33-10)20(29)25-22(31)26-21(23)30/h7,10-12,19H,3-6,8-9H2,1-2H3,(H2,25,26,29,30,31)/t10-,11+,19-/m1/s1. The first kappa shape index (κ1) is 21.5. The zero-order valence-corrected chi connectivity index (χ0v) is 18.9. The molecule has 5 heterocycles. The maximum absolute atomic E-state index is 16.1. The normalized spacial score (nSPS) is 29.1. The molecule has 3 atom stereocenters. The van der Waals surface area contributed by atoms with E-state index in [2.05, 4.69) is 15.8 Å². The van der Waals surface area contributed by atoms with Gasteiger partial charge in [0.2, 0.25) is 17.4 Å². The molecule has 4 aliphatic rings. The summed E-state index contributed by atoms with van der Waals surface area (Å²) in [5.74, 6) is -1.91. The van der Waals surface area contributed by atoms with Gasteiger partial charge in [-0.05, 0) is 38.3 Å². The fraction of sp³-hybridized carbons (Fsp3) is 0.565. The monoisotopic (exact) mass is 472 g/mol. The number of hydrogen-bond acceptors (Lipinski definition) is 8. The van der Waals surface area contributed by atoms with Gasteiger partial charge in [0.1, 0.15) is 0 Å². The van der Waals surface area contributed by atoms with E-state index in [1.54, 1.807) is 17.9 Å². The number of halogens is 1. The van der Waals surface area contributed by atoms with Gasteiger partial charge in [-0.1, -0.05) is 5.16 Å². The summed E-state index contributed by atoms with van der Waals surface area (Å²) in [4.78, 5) is 40.2. The second kappa shape index (κ2) is 7.47. The van der Waals surface area contributed by atoms with E-state index < -0.39 is 41.2 Å². The Kier molecular flexibility index (Phi) is 4.72. The van der Waals surface area contributed by atoms with Crippen LogP contribution in [-0.2, 0) is 25.5 Å². The minimum Gasteiger partial charge on any atom is -0.381 e. The molecule has 10 nitrogen and oxygen atoms in total. The van der Waals surface area contributed by atoms with Gasteiger partial charge in [0, 0.05) is 37.5 Å². The molecular formula is C23H25FN4O6. The first-order valence-corrected chi connectivity index (χ1v) is 11.6. The molecule has 4 amide bonds. The maximum atomic E-state index is 16.1. The van der Waals surface area contributed by atoms with Crippen molar-refractivity contribution < 1.29 is 32.8 Å². The molecule has 0 radical (unpaired) electrons. The minimum atomic E-state index is -1.66. The predicted molar refractivity (Wildman–Crippen MR) is 116 cm³/mol. The molecule has 6 rings (SSSR count). The third-order valence-electron chi connectivity index (χ3n) is 7.60. The Labute approximate surface area is 194 Å². The van der Waals surface area contributed by atoms with Gasteiger partial charge in [-0.2, -0.15) is 0 Å². The van der Waals surface area contributed by atoms with Crippen molar-refractivity contribution in [1.29, 1.82) is 0 Å². The van der Waals surface area contributed by atoms with Crippen molar-refractivity contribution in [2.75, 3.05) is 24.7 Å². The molecular weight excluding hydrogens is 447 g/mol. The van der Waals surface area contributed by atoms with E-state index in [1.807, 2.05) is 6.92 Å². The summed E-state index contributed by atoms with van der Waals surface area (Å²) in [6.07, 6.45) is 0.564. The molecule has 3 fully saturated rings. The lowest BCUT2D eigenvalue weighted by Gasteiger charge is -2.55. The van der Waals surface area contributed by atoms with Crippen LogP contribution in [0.25, 0.3) is 11.0 Å². The molecule has 0 bridgehead atoms. The van der Waals surface area contributed by atoms with Crippen LogP contribution in [0.15, 0.2) is 10.6 Å². The number of imide groups is 2. The molecule has 11 heteroatoms. The van der Waals surface area contributed by atoms with Crippen LogP contribution >= 0.6 is 0 Å². The summed E-state index contributed by atoms with van der Waals surface area (Å²) >= 11 is 0. The number of hydrogen-bond donors (Lipinski definition) is 2. The van der Waals surface area contributed by atoms with Gasteiger partial charge in [-0.15, -0.1) is 0 Å². The zero-order chi connectivity index (χ0) is 23.8. The Morgan fingerprint density at radius 2 is 1.85 bits per heavy atom. The molecule has 0 unspecified atom stereocenters. The Bertz CT molecular complexity index is 1200. The molecule has 34 heavy (non-hydrogen) atoms. The number of morpholine rings is 1. The second-order valence-corrected chi connectivity index (χ2v) is 9.66. The van der Waals surface area contributed by atoms with Crippen LogP contribution in [0, 0.1) is 11.2 Å². The first-order valence-electron chi connectivity index (χ1n) is 11.6. The number of urea groups is 1. The Morgan fingerprint density at radius 3 is 2.56 bits per heavy atom. The highest BCUT2D eigenvalue weighted by Gasteiger charge is 2.63. The lowest BCUT2D eigenvalue weighted by atomic mass is 9.66. The summed E-state index contributed by atoms with van der Waals surface area (Å²) in [5, 5.41) is 9.24. The van der Waals surface area contributed by atoms with Crippen LogP contribution < -0.4 is 15.5 Å². The Morgan fingerprint density at radius 1 is 1.15 bits per heavy atom. The SMILES string of the molecule is C[C@@H]1CN2c3c(cc4c(C5CCOCC5)noc4c3F)CC3(C(=O)NC(=O)NC3=O)[C@H]2[C@H](C)O1.